The van der Waals surface area contributed by atoms with E-state index in [0.29, 0.717) is 6.16 Å². The molecule has 0 aromatic heterocycles. The van der Waals surface area contributed by atoms with Crippen LogP contribution >= 0.6 is 7.14 Å². The lowest BCUT2D eigenvalue weighted by molar-refractivity contribution is 0.462. The van der Waals surface area contributed by atoms with Crippen LogP contribution in [0, 0.1) is 11.8 Å². The van der Waals surface area contributed by atoms with Gasteiger partial charge >= 0.3 is 0 Å². The van der Waals surface area contributed by atoms with E-state index in [9.17, 15) is 4.57 Å². The third kappa shape index (κ3) is 2.27. The molecule has 0 spiro atoms. The lowest BCUT2D eigenvalue weighted by atomic mass is 9.89. The molecule has 0 N–H and O–H groups in total. The summed E-state index contributed by atoms with van der Waals surface area (Å²) < 4.78 is 14.3. The largest absolute Gasteiger partial charge is 0.321 e. The molecule has 0 radical (unpaired) electrons. The Balaban J connectivity index is 2.61. The number of hydrogen-bond donors (Lipinski definition) is 0. The first-order valence-electron chi connectivity index (χ1n) is 7.74. The van der Waals surface area contributed by atoms with Crippen molar-refractivity contribution < 1.29 is 4.57 Å². The van der Waals surface area contributed by atoms with Gasteiger partial charge in [-0.1, -0.05) is 68.5 Å². The number of hydrogen-bond acceptors (Lipinski definition) is 1. The van der Waals surface area contributed by atoms with Crippen LogP contribution in [0.25, 0.3) is 0 Å². The van der Waals surface area contributed by atoms with Crippen LogP contribution < -0.4 is 0 Å². The first kappa shape index (κ1) is 16.3. The summed E-state index contributed by atoms with van der Waals surface area (Å²) in [5.41, 5.74) is 0. The van der Waals surface area contributed by atoms with Gasteiger partial charge in [-0.05, 0) is 25.7 Å². The second-order valence-corrected chi connectivity index (χ2v) is 10.5. The number of rotatable bonds is 4. The molecule has 0 fully saturated rings. The van der Waals surface area contributed by atoms with Gasteiger partial charge in [0.2, 0.25) is 0 Å². The van der Waals surface area contributed by atoms with Gasteiger partial charge in [0.15, 0.2) is 0 Å². The van der Waals surface area contributed by atoms with Crippen molar-refractivity contribution in [3.63, 3.8) is 0 Å². The molecule has 0 heterocycles. The molecule has 0 aromatic carbocycles. The normalized spacial score (nSPS) is 41.0. The van der Waals surface area contributed by atoms with Crippen molar-refractivity contribution in [3.8, 4) is 0 Å². The minimum atomic E-state index is -2.60. The molecule has 0 amide bonds. The van der Waals surface area contributed by atoms with E-state index in [1.807, 2.05) is 18.2 Å². The van der Waals surface area contributed by atoms with E-state index >= 15 is 0 Å². The highest BCUT2D eigenvalue weighted by Crippen LogP contribution is 2.73. The average Bonchev–Trinajstić information content (AvgIpc) is 2.45. The second kappa shape index (κ2) is 5.61. The predicted octanol–water partition coefficient (Wildman–Crippen LogP) is 5.58. The lowest BCUT2D eigenvalue weighted by Gasteiger charge is -2.51. The summed E-state index contributed by atoms with van der Waals surface area (Å²) >= 11 is 0. The summed E-state index contributed by atoms with van der Waals surface area (Å²) in [5.74, 6) is 0.522. The van der Waals surface area contributed by atoms with Gasteiger partial charge in [-0.3, -0.25) is 0 Å². The summed E-state index contributed by atoms with van der Waals surface area (Å²) in [6.07, 6.45) is 19.3. The molecule has 4 atom stereocenters. The van der Waals surface area contributed by atoms with E-state index in [1.165, 1.54) is 0 Å². The zero-order chi connectivity index (χ0) is 15.7. The van der Waals surface area contributed by atoms with Crippen molar-refractivity contribution in [2.45, 2.75) is 38.0 Å². The van der Waals surface area contributed by atoms with Crippen LogP contribution in [0.5, 0.6) is 0 Å². The van der Waals surface area contributed by atoms with Crippen molar-refractivity contribution in [3.05, 3.63) is 61.3 Å². The van der Waals surface area contributed by atoms with Crippen molar-refractivity contribution in [1.82, 2.24) is 0 Å². The monoisotopic (exact) mass is 302 g/mol. The smallest absolute Gasteiger partial charge is 0.111 e. The Morgan fingerprint density at radius 1 is 1.00 bits per heavy atom. The van der Waals surface area contributed by atoms with E-state index in [2.05, 4.69) is 70.7 Å². The van der Waals surface area contributed by atoms with E-state index in [0.717, 1.165) is 0 Å². The molecule has 114 valence electrons. The molecular weight excluding hydrogens is 275 g/mol. The average molecular weight is 302 g/mol. The summed E-state index contributed by atoms with van der Waals surface area (Å²) in [5, 5.41) is -0.650. The minimum Gasteiger partial charge on any atom is -0.321 e. The van der Waals surface area contributed by atoms with Gasteiger partial charge in [0.05, 0.1) is 0 Å². The maximum absolute atomic E-state index is 14.3. The number of allylic oxidation sites excluding steroid dienone is 9. The summed E-state index contributed by atoms with van der Waals surface area (Å²) in [6.45, 7) is 12.6. The molecule has 2 heteroatoms. The van der Waals surface area contributed by atoms with E-state index < -0.39 is 7.14 Å². The van der Waals surface area contributed by atoms with Gasteiger partial charge in [0.1, 0.15) is 7.14 Å². The molecule has 0 saturated carbocycles. The Kier molecular flexibility index (Phi) is 4.36. The zero-order valence-corrected chi connectivity index (χ0v) is 14.5. The van der Waals surface area contributed by atoms with Crippen LogP contribution in [0.4, 0.5) is 0 Å². The topological polar surface area (TPSA) is 17.1 Å². The third-order valence-electron chi connectivity index (χ3n) is 5.68. The van der Waals surface area contributed by atoms with Crippen molar-refractivity contribution in [2.24, 2.45) is 11.8 Å². The van der Waals surface area contributed by atoms with Gasteiger partial charge in [-0.2, -0.15) is 0 Å². The van der Waals surface area contributed by atoms with Crippen LogP contribution in [0.1, 0.15) is 27.7 Å². The van der Waals surface area contributed by atoms with Crippen molar-refractivity contribution in [1.29, 1.82) is 0 Å². The Morgan fingerprint density at radius 2 is 1.43 bits per heavy atom. The highest BCUT2D eigenvalue weighted by molar-refractivity contribution is 7.67. The van der Waals surface area contributed by atoms with E-state index in [4.69, 9.17) is 0 Å². The zero-order valence-electron chi connectivity index (χ0n) is 13.6. The van der Waals surface area contributed by atoms with Crippen LogP contribution in [-0.4, -0.2) is 16.5 Å². The minimum absolute atomic E-state index is 0.261. The fourth-order valence-corrected chi connectivity index (χ4v) is 7.98. The highest BCUT2D eigenvalue weighted by Gasteiger charge is 2.56. The van der Waals surface area contributed by atoms with Gasteiger partial charge in [0.25, 0.3) is 0 Å². The molecule has 2 aliphatic carbocycles. The van der Waals surface area contributed by atoms with Crippen LogP contribution in [0.3, 0.4) is 0 Å². The maximum atomic E-state index is 14.3. The fourth-order valence-electron chi connectivity index (χ4n) is 3.65. The molecule has 4 unspecified atom stereocenters. The third-order valence-corrected chi connectivity index (χ3v) is 10.7. The maximum Gasteiger partial charge on any atom is 0.111 e. The van der Waals surface area contributed by atoms with E-state index in [-0.39, 0.29) is 22.1 Å². The summed E-state index contributed by atoms with van der Waals surface area (Å²) in [7, 11) is -2.60. The summed E-state index contributed by atoms with van der Waals surface area (Å²) in [4.78, 5) is 0. The fraction of sp³-hybridized carbons (Fsp3) is 0.474. The molecule has 0 bridgehead atoms. The first-order valence-corrected chi connectivity index (χ1v) is 9.63. The van der Waals surface area contributed by atoms with Gasteiger partial charge in [0, 0.05) is 16.5 Å². The molecule has 0 saturated heterocycles. The van der Waals surface area contributed by atoms with Crippen LogP contribution in [-0.2, 0) is 4.57 Å². The van der Waals surface area contributed by atoms with Gasteiger partial charge in [-0.15, -0.1) is 6.58 Å². The van der Waals surface area contributed by atoms with Crippen molar-refractivity contribution in [2.75, 3.05) is 6.16 Å². The van der Waals surface area contributed by atoms with E-state index in [1.54, 1.807) is 0 Å². The first-order chi connectivity index (χ1) is 9.82. The standard InChI is InChI=1S/C19H27OP/c1-6-15-21(20,18(4)13-9-7-11-16(18)2)19(5)14-10-8-12-17(19)3/h6-14,16-17H,1,15H2,2-5H3. The molecule has 0 aromatic rings. The Labute approximate surface area is 129 Å². The molecular formula is C19H27OP. The Morgan fingerprint density at radius 3 is 1.76 bits per heavy atom. The summed E-state index contributed by atoms with van der Waals surface area (Å²) in [6, 6.07) is 0. The van der Waals surface area contributed by atoms with Crippen molar-refractivity contribution >= 4 is 7.14 Å². The quantitative estimate of drug-likeness (QED) is 0.489. The second-order valence-electron chi connectivity index (χ2n) is 6.73. The Bertz CT molecular complexity index is 536. The molecule has 1 nitrogen and oxygen atoms in total. The lowest BCUT2D eigenvalue weighted by Crippen LogP contribution is -2.44. The predicted molar refractivity (Wildman–Crippen MR) is 94.4 cm³/mol. The molecule has 2 rings (SSSR count). The van der Waals surface area contributed by atoms with Gasteiger partial charge in [-0.25, -0.2) is 0 Å². The highest BCUT2D eigenvalue weighted by atomic mass is 31.2. The van der Waals surface area contributed by atoms with Crippen LogP contribution in [0.15, 0.2) is 61.3 Å². The molecule has 0 aliphatic heterocycles. The van der Waals surface area contributed by atoms with Crippen LogP contribution in [0.2, 0.25) is 0 Å². The van der Waals surface area contributed by atoms with Gasteiger partial charge < -0.3 is 4.57 Å². The molecule has 21 heavy (non-hydrogen) atoms. The SMILES string of the molecule is C=CCP(=O)(C1(C)C=CC=CC1C)C1(C)C=CC=CC1C. The Hall–Kier alpha value is -1.07. The molecule has 2 aliphatic rings.